The number of nitrogens with two attached hydrogens (primary N) is 1. The lowest BCUT2D eigenvalue weighted by Gasteiger charge is -2.21. The van der Waals surface area contributed by atoms with Gasteiger partial charge in [0.2, 0.25) is 0 Å². The van der Waals surface area contributed by atoms with Gasteiger partial charge in [0.05, 0.1) is 0 Å². The second kappa shape index (κ2) is 5.68. The zero-order valence-corrected chi connectivity index (χ0v) is 10.6. The molecular weight excluding hydrogens is 230 g/mol. The van der Waals surface area contributed by atoms with Crippen molar-refractivity contribution in [2.75, 3.05) is 38.1 Å². The molecule has 0 aliphatic carbocycles. The Morgan fingerprint density at radius 2 is 2.17 bits per heavy atom. The van der Waals surface area contributed by atoms with Gasteiger partial charge in [-0.15, -0.1) is 0 Å². The smallest absolute Gasteiger partial charge is 0.171 e. The van der Waals surface area contributed by atoms with Crippen LogP contribution in [0.5, 0.6) is 0 Å². The summed E-state index contributed by atoms with van der Waals surface area (Å²) in [4.78, 5) is 8.96. The molecular formula is C12H19N5O. The van der Waals surface area contributed by atoms with Gasteiger partial charge in [-0.25, -0.2) is 4.98 Å². The quantitative estimate of drug-likeness (QED) is 0.341. The van der Waals surface area contributed by atoms with Crippen molar-refractivity contribution < 1.29 is 5.21 Å². The van der Waals surface area contributed by atoms with Gasteiger partial charge in [-0.3, -0.25) is 0 Å². The van der Waals surface area contributed by atoms with E-state index in [-0.39, 0.29) is 5.84 Å². The molecule has 98 valence electrons. The number of hydrogen-bond donors (Lipinski definition) is 2. The van der Waals surface area contributed by atoms with Gasteiger partial charge in [0.15, 0.2) is 5.84 Å². The molecule has 1 aromatic rings. The Balaban J connectivity index is 2.09. The van der Waals surface area contributed by atoms with E-state index in [0.29, 0.717) is 5.56 Å². The van der Waals surface area contributed by atoms with E-state index in [1.807, 2.05) is 12.1 Å². The topological polar surface area (TPSA) is 78.0 Å². The van der Waals surface area contributed by atoms with Crippen LogP contribution in [0.25, 0.3) is 0 Å². The molecule has 0 aromatic carbocycles. The first-order chi connectivity index (χ1) is 8.70. The Labute approximate surface area is 107 Å². The predicted molar refractivity (Wildman–Crippen MR) is 71.1 cm³/mol. The van der Waals surface area contributed by atoms with Crippen molar-refractivity contribution in [3.63, 3.8) is 0 Å². The van der Waals surface area contributed by atoms with Gasteiger partial charge in [0.1, 0.15) is 5.82 Å². The number of pyridine rings is 1. The summed E-state index contributed by atoms with van der Waals surface area (Å²) in [7, 11) is 2.14. The van der Waals surface area contributed by atoms with E-state index in [2.05, 4.69) is 27.0 Å². The molecule has 1 saturated heterocycles. The van der Waals surface area contributed by atoms with Gasteiger partial charge in [-0.1, -0.05) is 5.16 Å². The van der Waals surface area contributed by atoms with Gasteiger partial charge in [-0.2, -0.15) is 0 Å². The van der Waals surface area contributed by atoms with Crippen LogP contribution in [0.1, 0.15) is 12.0 Å². The first kappa shape index (κ1) is 12.6. The normalized spacial score (nSPS) is 18.7. The number of nitrogens with zero attached hydrogens (tertiary/aromatic N) is 4. The van der Waals surface area contributed by atoms with Crippen LogP contribution >= 0.6 is 0 Å². The number of aromatic nitrogens is 1. The largest absolute Gasteiger partial charge is 0.409 e. The zero-order chi connectivity index (χ0) is 13.0. The molecule has 2 rings (SSSR count). The van der Waals surface area contributed by atoms with Crippen LogP contribution in [0, 0.1) is 0 Å². The first-order valence-electron chi connectivity index (χ1n) is 6.08. The van der Waals surface area contributed by atoms with E-state index < -0.39 is 0 Å². The van der Waals surface area contributed by atoms with Gasteiger partial charge < -0.3 is 20.7 Å². The standard InChI is InChI=1S/C12H19N5O/c1-16-5-2-6-17(8-7-16)11-4-3-10(9-14-11)12(13)15-18/h3-4,9,18H,2,5-8H2,1H3,(H2,13,15). The Morgan fingerprint density at radius 3 is 2.83 bits per heavy atom. The number of amidine groups is 1. The summed E-state index contributed by atoms with van der Waals surface area (Å²) < 4.78 is 0. The maximum atomic E-state index is 8.59. The van der Waals surface area contributed by atoms with Crippen LogP contribution in [0.4, 0.5) is 5.82 Å². The minimum atomic E-state index is 0.0876. The molecule has 6 nitrogen and oxygen atoms in total. The molecule has 1 aromatic heterocycles. The minimum absolute atomic E-state index is 0.0876. The summed E-state index contributed by atoms with van der Waals surface area (Å²) in [6.45, 7) is 4.16. The predicted octanol–water partition coefficient (Wildman–Crippen LogP) is 0.318. The summed E-state index contributed by atoms with van der Waals surface area (Å²) in [6, 6.07) is 3.74. The molecule has 6 heteroatoms. The maximum absolute atomic E-state index is 8.59. The molecule has 0 radical (unpaired) electrons. The monoisotopic (exact) mass is 249 g/mol. The van der Waals surface area contributed by atoms with Crippen molar-refractivity contribution in [1.29, 1.82) is 0 Å². The fraction of sp³-hybridized carbons (Fsp3) is 0.500. The van der Waals surface area contributed by atoms with Crippen molar-refractivity contribution in [3.05, 3.63) is 23.9 Å². The molecule has 1 aliphatic heterocycles. The fourth-order valence-electron chi connectivity index (χ4n) is 2.06. The highest BCUT2D eigenvalue weighted by molar-refractivity contribution is 5.96. The third kappa shape index (κ3) is 2.89. The van der Waals surface area contributed by atoms with E-state index in [1.165, 1.54) is 0 Å². The van der Waals surface area contributed by atoms with E-state index in [1.54, 1.807) is 6.20 Å². The van der Waals surface area contributed by atoms with Gasteiger partial charge in [0, 0.05) is 31.4 Å². The lowest BCUT2D eigenvalue weighted by atomic mass is 10.2. The molecule has 1 aliphatic rings. The molecule has 0 spiro atoms. The second-order valence-corrected chi connectivity index (χ2v) is 4.53. The van der Waals surface area contributed by atoms with Crippen LogP contribution in [-0.4, -0.2) is 54.2 Å². The molecule has 2 heterocycles. The number of rotatable bonds is 2. The summed E-state index contributed by atoms with van der Waals surface area (Å²) in [5.74, 6) is 1.03. The van der Waals surface area contributed by atoms with Crippen LogP contribution in [0.2, 0.25) is 0 Å². The minimum Gasteiger partial charge on any atom is -0.409 e. The Bertz CT molecular complexity index is 417. The van der Waals surface area contributed by atoms with E-state index in [0.717, 1.165) is 38.4 Å². The molecule has 0 saturated carbocycles. The highest BCUT2D eigenvalue weighted by atomic mass is 16.4. The van der Waals surface area contributed by atoms with Crippen molar-refractivity contribution in [3.8, 4) is 0 Å². The van der Waals surface area contributed by atoms with Crippen LogP contribution < -0.4 is 10.6 Å². The van der Waals surface area contributed by atoms with E-state index >= 15 is 0 Å². The Morgan fingerprint density at radius 1 is 1.33 bits per heavy atom. The summed E-state index contributed by atoms with van der Waals surface area (Å²) >= 11 is 0. The third-order valence-corrected chi connectivity index (χ3v) is 3.19. The average Bonchev–Trinajstić information content (AvgIpc) is 2.63. The maximum Gasteiger partial charge on any atom is 0.171 e. The Kier molecular flexibility index (Phi) is 3.99. The lowest BCUT2D eigenvalue weighted by Crippen LogP contribution is -2.29. The number of likely N-dealkylation sites (N-methyl/N-ethyl adjacent to an activating group) is 1. The lowest BCUT2D eigenvalue weighted by molar-refractivity contribution is 0.318. The highest BCUT2D eigenvalue weighted by Gasteiger charge is 2.13. The molecule has 0 unspecified atom stereocenters. The number of anilines is 1. The summed E-state index contributed by atoms with van der Waals surface area (Å²) in [5.41, 5.74) is 6.14. The van der Waals surface area contributed by atoms with Crippen molar-refractivity contribution in [1.82, 2.24) is 9.88 Å². The molecule has 18 heavy (non-hydrogen) atoms. The molecule has 1 fully saturated rings. The van der Waals surface area contributed by atoms with E-state index in [9.17, 15) is 0 Å². The SMILES string of the molecule is CN1CCCN(c2ccc(C(N)=NO)cn2)CC1. The van der Waals surface area contributed by atoms with Crippen molar-refractivity contribution in [2.24, 2.45) is 10.9 Å². The van der Waals surface area contributed by atoms with Gasteiger partial charge in [-0.05, 0) is 32.1 Å². The number of hydrogen-bond acceptors (Lipinski definition) is 5. The fourth-order valence-corrected chi connectivity index (χ4v) is 2.06. The average molecular weight is 249 g/mol. The van der Waals surface area contributed by atoms with E-state index in [4.69, 9.17) is 10.9 Å². The number of oxime groups is 1. The third-order valence-electron chi connectivity index (χ3n) is 3.19. The summed E-state index contributed by atoms with van der Waals surface area (Å²) in [6.07, 6.45) is 2.78. The molecule has 0 bridgehead atoms. The van der Waals surface area contributed by atoms with Crippen LogP contribution in [0.15, 0.2) is 23.5 Å². The van der Waals surface area contributed by atoms with Gasteiger partial charge >= 0.3 is 0 Å². The second-order valence-electron chi connectivity index (χ2n) is 4.53. The van der Waals surface area contributed by atoms with Gasteiger partial charge in [0.25, 0.3) is 0 Å². The van der Waals surface area contributed by atoms with Crippen molar-refractivity contribution >= 4 is 11.7 Å². The van der Waals surface area contributed by atoms with Crippen LogP contribution in [-0.2, 0) is 0 Å². The Hall–Kier alpha value is -1.82. The van der Waals surface area contributed by atoms with Crippen LogP contribution in [0.3, 0.4) is 0 Å². The first-order valence-corrected chi connectivity index (χ1v) is 6.08. The highest BCUT2D eigenvalue weighted by Crippen LogP contribution is 2.13. The van der Waals surface area contributed by atoms with Crippen molar-refractivity contribution in [2.45, 2.75) is 6.42 Å². The zero-order valence-electron chi connectivity index (χ0n) is 10.6. The summed E-state index contributed by atoms with van der Waals surface area (Å²) in [5, 5.41) is 11.6. The molecule has 0 atom stereocenters. The molecule has 3 N–H and O–H groups in total. The molecule has 0 amide bonds.